The van der Waals surface area contributed by atoms with Crippen molar-refractivity contribution in [1.82, 2.24) is 4.90 Å². The van der Waals surface area contributed by atoms with Gasteiger partial charge in [-0.3, -0.25) is 14.4 Å². The van der Waals surface area contributed by atoms with Crippen molar-refractivity contribution >= 4 is 17.8 Å². The van der Waals surface area contributed by atoms with Crippen LogP contribution >= 0.6 is 0 Å². The highest BCUT2D eigenvalue weighted by molar-refractivity contribution is 5.86. The van der Waals surface area contributed by atoms with Crippen LogP contribution in [0.2, 0.25) is 0 Å². The Morgan fingerprint density at radius 2 is 1.33 bits per heavy atom. The van der Waals surface area contributed by atoms with Crippen molar-refractivity contribution in [1.29, 1.82) is 0 Å². The third-order valence-corrected chi connectivity index (χ3v) is 2.13. The van der Waals surface area contributed by atoms with Crippen LogP contribution in [0.5, 0.6) is 0 Å². The largest absolute Gasteiger partial charge is 0.468 e. The highest BCUT2D eigenvalue weighted by Gasteiger charge is 2.25. The first-order chi connectivity index (χ1) is 8.19. The lowest BCUT2D eigenvalue weighted by molar-refractivity contribution is -0.152. The third kappa shape index (κ3) is 6.88. The summed E-state index contributed by atoms with van der Waals surface area (Å²) in [4.78, 5) is 35.5. The predicted molar refractivity (Wildman–Crippen MR) is 64.7 cm³/mol. The van der Waals surface area contributed by atoms with E-state index in [-0.39, 0.29) is 30.8 Å². The molecule has 0 aliphatic rings. The molecule has 0 atom stereocenters. The number of carbonyl (C=O) groups is 3. The van der Waals surface area contributed by atoms with Gasteiger partial charge in [0.25, 0.3) is 0 Å². The molecule has 0 saturated carbocycles. The minimum atomic E-state index is -0.568. The van der Waals surface area contributed by atoms with Gasteiger partial charge in [0.1, 0.15) is 13.1 Å². The van der Waals surface area contributed by atoms with Gasteiger partial charge in [-0.2, -0.15) is 0 Å². The molecule has 0 aromatic carbocycles. The molecule has 0 spiro atoms. The Morgan fingerprint density at radius 1 is 0.944 bits per heavy atom. The molecule has 0 N–H and O–H groups in total. The second-order valence-electron chi connectivity index (χ2n) is 5.14. The average molecular weight is 259 g/mol. The van der Waals surface area contributed by atoms with Gasteiger partial charge in [0.2, 0.25) is 5.91 Å². The first-order valence-corrected chi connectivity index (χ1v) is 5.61. The zero-order chi connectivity index (χ0) is 14.3. The van der Waals surface area contributed by atoms with Crippen molar-refractivity contribution in [2.24, 2.45) is 5.41 Å². The van der Waals surface area contributed by atoms with E-state index in [0.29, 0.717) is 0 Å². The summed E-state index contributed by atoms with van der Waals surface area (Å²) in [7, 11) is 2.46. The Balaban J connectivity index is 4.69. The van der Waals surface area contributed by atoms with Gasteiger partial charge in [-0.15, -0.1) is 0 Å². The summed E-state index contributed by atoms with van der Waals surface area (Å²) in [5.41, 5.74) is -0.221. The van der Waals surface area contributed by atoms with E-state index in [4.69, 9.17) is 0 Å². The van der Waals surface area contributed by atoms with Crippen LogP contribution in [0.3, 0.4) is 0 Å². The minimum Gasteiger partial charge on any atom is -0.468 e. The summed E-state index contributed by atoms with van der Waals surface area (Å²) in [5.74, 6) is -1.42. The van der Waals surface area contributed by atoms with Crippen LogP contribution in [0, 0.1) is 5.41 Å². The van der Waals surface area contributed by atoms with Crippen LogP contribution in [0.15, 0.2) is 0 Å². The number of esters is 2. The van der Waals surface area contributed by atoms with Crippen molar-refractivity contribution < 1.29 is 23.9 Å². The van der Waals surface area contributed by atoms with Gasteiger partial charge in [0, 0.05) is 6.42 Å². The third-order valence-electron chi connectivity index (χ3n) is 2.13. The molecular weight excluding hydrogens is 238 g/mol. The van der Waals surface area contributed by atoms with Crippen molar-refractivity contribution in [3.63, 3.8) is 0 Å². The maximum atomic E-state index is 12.0. The van der Waals surface area contributed by atoms with Crippen molar-refractivity contribution in [2.45, 2.75) is 27.2 Å². The minimum absolute atomic E-state index is 0.221. The maximum Gasteiger partial charge on any atom is 0.325 e. The number of ether oxygens (including phenoxy) is 2. The van der Waals surface area contributed by atoms with E-state index in [2.05, 4.69) is 9.47 Å². The van der Waals surface area contributed by atoms with E-state index in [9.17, 15) is 14.4 Å². The predicted octanol–water partition coefficient (Wildman–Crippen LogP) is 0.597. The first kappa shape index (κ1) is 16.4. The molecule has 0 aliphatic carbocycles. The lowest BCUT2D eigenvalue weighted by Crippen LogP contribution is -2.41. The Kier molecular flexibility index (Phi) is 6.36. The molecule has 0 radical (unpaired) electrons. The van der Waals surface area contributed by atoms with Crippen LogP contribution in [0.25, 0.3) is 0 Å². The van der Waals surface area contributed by atoms with E-state index >= 15 is 0 Å². The van der Waals surface area contributed by atoms with E-state index in [1.165, 1.54) is 14.2 Å². The maximum absolute atomic E-state index is 12.0. The Hall–Kier alpha value is -1.59. The Labute approximate surface area is 107 Å². The molecule has 0 heterocycles. The number of hydrogen-bond donors (Lipinski definition) is 0. The highest BCUT2D eigenvalue weighted by atomic mass is 16.5. The van der Waals surface area contributed by atoms with Gasteiger partial charge >= 0.3 is 11.9 Å². The number of nitrogens with zero attached hydrogens (tertiary/aromatic N) is 1. The second kappa shape index (κ2) is 6.98. The molecule has 6 heteroatoms. The summed E-state index contributed by atoms with van der Waals surface area (Å²) >= 11 is 0. The first-order valence-electron chi connectivity index (χ1n) is 5.61. The van der Waals surface area contributed by atoms with Gasteiger partial charge < -0.3 is 14.4 Å². The normalized spacial score (nSPS) is 10.7. The van der Waals surface area contributed by atoms with E-state index in [0.717, 1.165) is 4.90 Å². The topological polar surface area (TPSA) is 72.9 Å². The number of carbonyl (C=O) groups excluding carboxylic acids is 3. The number of methoxy groups -OCH3 is 2. The number of rotatable bonds is 5. The van der Waals surface area contributed by atoms with Gasteiger partial charge in [-0.25, -0.2) is 0 Å². The Bertz CT molecular complexity index is 301. The molecule has 0 aromatic rings. The fourth-order valence-corrected chi connectivity index (χ4v) is 1.24. The second-order valence-corrected chi connectivity index (χ2v) is 5.14. The molecule has 0 fully saturated rings. The molecule has 6 nitrogen and oxygen atoms in total. The van der Waals surface area contributed by atoms with Crippen molar-refractivity contribution in [3.05, 3.63) is 0 Å². The molecule has 104 valence electrons. The van der Waals surface area contributed by atoms with Crippen molar-refractivity contribution in [3.8, 4) is 0 Å². The highest BCUT2D eigenvalue weighted by Crippen LogP contribution is 2.19. The van der Waals surface area contributed by atoms with Crippen LogP contribution < -0.4 is 0 Å². The number of amides is 1. The fraction of sp³-hybridized carbons (Fsp3) is 0.750. The van der Waals surface area contributed by atoms with Crippen LogP contribution in [0.1, 0.15) is 27.2 Å². The average Bonchev–Trinajstić information content (AvgIpc) is 2.25. The van der Waals surface area contributed by atoms with Crippen LogP contribution in [0.4, 0.5) is 0 Å². The molecule has 0 aromatic heterocycles. The van der Waals surface area contributed by atoms with E-state index in [1.807, 2.05) is 20.8 Å². The standard InChI is InChI=1S/C12H21NO5/c1-12(2,3)6-9(14)13(7-10(15)17-4)8-11(16)18-5/h6-8H2,1-5H3. The Morgan fingerprint density at radius 3 is 1.61 bits per heavy atom. The quantitative estimate of drug-likeness (QED) is 0.676. The summed E-state index contributed by atoms with van der Waals surface area (Å²) in [6, 6.07) is 0. The molecule has 0 saturated heterocycles. The van der Waals surface area contributed by atoms with Gasteiger partial charge in [0.15, 0.2) is 0 Å². The fourth-order valence-electron chi connectivity index (χ4n) is 1.24. The summed E-state index contributed by atoms with van der Waals surface area (Å²) in [5, 5.41) is 0. The SMILES string of the molecule is COC(=O)CN(CC(=O)OC)C(=O)CC(C)(C)C. The molecule has 18 heavy (non-hydrogen) atoms. The molecule has 0 rings (SSSR count). The molecular formula is C12H21NO5. The van der Waals surface area contributed by atoms with Gasteiger partial charge in [0.05, 0.1) is 14.2 Å². The van der Waals surface area contributed by atoms with E-state index in [1.54, 1.807) is 0 Å². The van der Waals surface area contributed by atoms with E-state index < -0.39 is 11.9 Å². The van der Waals surface area contributed by atoms with Gasteiger partial charge in [-0.05, 0) is 5.41 Å². The molecule has 0 aliphatic heterocycles. The molecule has 0 bridgehead atoms. The number of hydrogen-bond acceptors (Lipinski definition) is 5. The molecule has 0 unspecified atom stereocenters. The van der Waals surface area contributed by atoms with Crippen LogP contribution in [-0.2, 0) is 23.9 Å². The lowest BCUT2D eigenvalue weighted by Gasteiger charge is -2.24. The lowest BCUT2D eigenvalue weighted by atomic mass is 9.91. The zero-order valence-corrected chi connectivity index (χ0v) is 11.6. The smallest absolute Gasteiger partial charge is 0.325 e. The van der Waals surface area contributed by atoms with Crippen LogP contribution in [-0.4, -0.2) is 50.1 Å². The zero-order valence-electron chi connectivity index (χ0n) is 11.6. The molecule has 1 amide bonds. The van der Waals surface area contributed by atoms with Crippen molar-refractivity contribution in [2.75, 3.05) is 27.3 Å². The van der Waals surface area contributed by atoms with Gasteiger partial charge in [-0.1, -0.05) is 20.8 Å². The summed E-state index contributed by atoms with van der Waals surface area (Å²) in [6.45, 7) is 5.21. The summed E-state index contributed by atoms with van der Waals surface area (Å²) < 4.78 is 8.98. The summed E-state index contributed by atoms with van der Waals surface area (Å²) in [6.07, 6.45) is 0.237. The monoisotopic (exact) mass is 259 g/mol.